The summed E-state index contributed by atoms with van der Waals surface area (Å²) in [6.07, 6.45) is 1.04. The molecule has 0 aliphatic heterocycles. The van der Waals surface area contributed by atoms with Crippen LogP contribution in [0.5, 0.6) is 0 Å². The van der Waals surface area contributed by atoms with E-state index in [-0.39, 0.29) is 11.5 Å². The standard InChI is InChI=1S/C12H17Br2NO3S/c1-3-12(4-2,8-16)15-19(17,18)11-7-9(13)5-6-10(11)14/h5-7,15-16H,3-4,8H2,1-2H3. The molecular weight excluding hydrogens is 398 g/mol. The van der Waals surface area contributed by atoms with Crippen molar-refractivity contribution in [3.05, 3.63) is 27.1 Å². The number of rotatable bonds is 6. The Labute approximate surface area is 130 Å². The summed E-state index contributed by atoms with van der Waals surface area (Å²) < 4.78 is 28.6. The molecule has 0 aliphatic carbocycles. The molecule has 1 rings (SSSR count). The number of nitrogens with one attached hydrogen (secondary N) is 1. The summed E-state index contributed by atoms with van der Waals surface area (Å²) in [5, 5.41) is 9.46. The summed E-state index contributed by atoms with van der Waals surface area (Å²) in [5.41, 5.74) is -0.819. The number of benzene rings is 1. The van der Waals surface area contributed by atoms with Gasteiger partial charge in [0.1, 0.15) is 0 Å². The molecule has 4 nitrogen and oxygen atoms in total. The molecule has 0 spiro atoms. The molecule has 0 saturated carbocycles. The highest BCUT2D eigenvalue weighted by molar-refractivity contribution is 9.11. The van der Waals surface area contributed by atoms with Crippen LogP contribution in [0.25, 0.3) is 0 Å². The van der Waals surface area contributed by atoms with E-state index in [0.29, 0.717) is 21.8 Å². The Kier molecular flexibility index (Phi) is 6.00. The SMILES string of the molecule is CCC(CC)(CO)NS(=O)(=O)c1cc(Br)ccc1Br. The van der Waals surface area contributed by atoms with Crippen LogP contribution < -0.4 is 4.72 Å². The van der Waals surface area contributed by atoms with Gasteiger partial charge in [0.25, 0.3) is 0 Å². The lowest BCUT2D eigenvalue weighted by Gasteiger charge is -2.30. The van der Waals surface area contributed by atoms with Crippen molar-refractivity contribution in [1.82, 2.24) is 4.72 Å². The zero-order chi connectivity index (χ0) is 14.7. The van der Waals surface area contributed by atoms with Crippen molar-refractivity contribution in [3.8, 4) is 0 Å². The smallest absolute Gasteiger partial charge is 0.242 e. The molecule has 0 radical (unpaired) electrons. The molecule has 1 aromatic carbocycles. The molecule has 2 N–H and O–H groups in total. The van der Waals surface area contributed by atoms with Crippen LogP contribution >= 0.6 is 31.9 Å². The quantitative estimate of drug-likeness (QED) is 0.751. The van der Waals surface area contributed by atoms with Crippen LogP contribution in [0.15, 0.2) is 32.0 Å². The third-order valence-corrected chi connectivity index (χ3v) is 6.26. The fourth-order valence-electron chi connectivity index (χ4n) is 1.67. The minimum absolute atomic E-state index is 0.154. The van der Waals surface area contributed by atoms with Gasteiger partial charge in [0.2, 0.25) is 10.0 Å². The molecule has 0 amide bonds. The van der Waals surface area contributed by atoms with E-state index in [4.69, 9.17) is 0 Å². The van der Waals surface area contributed by atoms with Gasteiger partial charge in [-0.05, 0) is 47.0 Å². The molecule has 0 bridgehead atoms. The Morgan fingerprint density at radius 3 is 2.32 bits per heavy atom. The normalized spacial score (nSPS) is 12.7. The van der Waals surface area contributed by atoms with Gasteiger partial charge in [-0.1, -0.05) is 29.8 Å². The Hall–Kier alpha value is 0.0500. The largest absolute Gasteiger partial charge is 0.394 e. The highest BCUT2D eigenvalue weighted by Crippen LogP contribution is 2.27. The molecular formula is C12H17Br2NO3S. The van der Waals surface area contributed by atoms with Crippen molar-refractivity contribution in [2.45, 2.75) is 37.1 Å². The van der Waals surface area contributed by atoms with E-state index < -0.39 is 15.6 Å². The van der Waals surface area contributed by atoms with Crippen LogP contribution in [0.1, 0.15) is 26.7 Å². The van der Waals surface area contributed by atoms with E-state index in [1.807, 2.05) is 13.8 Å². The maximum absolute atomic E-state index is 12.4. The van der Waals surface area contributed by atoms with Crippen molar-refractivity contribution in [2.75, 3.05) is 6.61 Å². The highest BCUT2D eigenvalue weighted by atomic mass is 79.9. The average Bonchev–Trinajstić information content (AvgIpc) is 2.39. The molecule has 108 valence electrons. The Balaban J connectivity index is 3.21. The van der Waals surface area contributed by atoms with Gasteiger partial charge in [-0.3, -0.25) is 0 Å². The fraction of sp³-hybridized carbons (Fsp3) is 0.500. The monoisotopic (exact) mass is 413 g/mol. The first-order valence-electron chi connectivity index (χ1n) is 5.90. The van der Waals surface area contributed by atoms with Crippen molar-refractivity contribution in [2.24, 2.45) is 0 Å². The Bertz CT molecular complexity index is 534. The van der Waals surface area contributed by atoms with Crippen LogP contribution in [0.2, 0.25) is 0 Å². The van der Waals surface area contributed by atoms with E-state index >= 15 is 0 Å². The molecule has 0 saturated heterocycles. The lowest BCUT2D eigenvalue weighted by atomic mass is 9.96. The lowest BCUT2D eigenvalue weighted by molar-refractivity contribution is 0.172. The number of aliphatic hydroxyl groups excluding tert-OH is 1. The number of hydrogen-bond acceptors (Lipinski definition) is 3. The molecule has 0 heterocycles. The van der Waals surface area contributed by atoms with Gasteiger partial charge < -0.3 is 5.11 Å². The maximum Gasteiger partial charge on any atom is 0.242 e. The summed E-state index contributed by atoms with van der Waals surface area (Å²) in [5.74, 6) is 0. The van der Waals surface area contributed by atoms with E-state index in [0.717, 1.165) is 0 Å². The van der Waals surface area contributed by atoms with Crippen LogP contribution in [-0.4, -0.2) is 25.7 Å². The van der Waals surface area contributed by atoms with Gasteiger partial charge in [-0.2, -0.15) is 0 Å². The van der Waals surface area contributed by atoms with Gasteiger partial charge in [0.15, 0.2) is 0 Å². The van der Waals surface area contributed by atoms with Gasteiger partial charge in [0.05, 0.1) is 17.0 Å². The molecule has 0 unspecified atom stereocenters. The lowest BCUT2D eigenvalue weighted by Crippen LogP contribution is -2.50. The van der Waals surface area contributed by atoms with Crippen LogP contribution in [0, 0.1) is 0 Å². The molecule has 7 heteroatoms. The minimum Gasteiger partial charge on any atom is -0.394 e. The minimum atomic E-state index is -3.69. The molecule has 1 aromatic rings. The topological polar surface area (TPSA) is 66.4 Å². The Morgan fingerprint density at radius 1 is 1.26 bits per heavy atom. The van der Waals surface area contributed by atoms with Crippen molar-refractivity contribution in [1.29, 1.82) is 0 Å². The van der Waals surface area contributed by atoms with Gasteiger partial charge in [-0.25, -0.2) is 13.1 Å². The van der Waals surface area contributed by atoms with E-state index in [1.54, 1.807) is 12.1 Å². The summed E-state index contributed by atoms with van der Waals surface area (Å²) in [7, 11) is -3.69. The predicted molar refractivity (Wildman–Crippen MR) is 82.6 cm³/mol. The second kappa shape index (κ2) is 6.67. The molecule has 0 fully saturated rings. The highest BCUT2D eigenvalue weighted by Gasteiger charge is 2.32. The zero-order valence-corrected chi connectivity index (χ0v) is 14.8. The van der Waals surface area contributed by atoms with Crippen molar-refractivity contribution >= 4 is 41.9 Å². The first kappa shape index (κ1) is 17.1. The second-order valence-corrected chi connectivity index (χ2v) is 7.75. The van der Waals surface area contributed by atoms with Gasteiger partial charge >= 0.3 is 0 Å². The van der Waals surface area contributed by atoms with E-state index in [1.165, 1.54) is 6.07 Å². The van der Waals surface area contributed by atoms with Crippen LogP contribution in [0.3, 0.4) is 0 Å². The van der Waals surface area contributed by atoms with E-state index in [9.17, 15) is 13.5 Å². The predicted octanol–water partition coefficient (Wildman–Crippen LogP) is 3.04. The fourth-order valence-corrected chi connectivity index (χ4v) is 4.71. The molecule has 0 aliphatic rings. The number of sulfonamides is 1. The molecule has 19 heavy (non-hydrogen) atoms. The summed E-state index contributed by atoms with van der Waals surface area (Å²) in [6, 6.07) is 4.94. The first-order chi connectivity index (χ1) is 8.80. The first-order valence-corrected chi connectivity index (χ1v) is 8.97. The molecule has 0 atom stereocenters. The zero-order valence-electron chi connectivity index (χ0n) is 10.8. The average molecular weight is 415 g/mol. The van der Waals surface area contributed by atoms with Crippen molar-refractivity contribution in [3.63, 3.8) is 0 Å². The third kappa shape index (κ3) is 4.01. The maximum atomic E-state index is 12.4. The third-order valence-electron chi connectivity index (χ3n) is 3.19. The molecule has 0 aromatic heterocycles. The summed E-state index contributed by atoms with van der Waals surface area (Å²) in [6.45, 7) is 3.46. The van der Waals surface area contributed by atoms with E-state index in [2.05, 4.69) is 36.6 Å². The summed E-state index contributed by atoms with van der Waals surface area (Å²) in [4.78, 5) is 0.154. The summed E-state index contributed by atoms with van der Waals surface area (Å²) >= 11 is 6.49. The van der Waals surface area contributed by atoms with Crippen LogP contribution in [-0.2, 0) is 10.0 Å². The van der Waals surface area contributed by atoms with Gasteiger partial charge in [0, 0.05) is 8.95 Å². The second-order valence-electron chi connectivity index (χ2n) is 4.33. The number of hydrogen-bond donors (Lipinski definition) is 2. The van der Waals surface area contributed by atoms with Crippen LogP contribution in [0.4, 0.5) is 0 Å². The van der Waals surface area contributed by atoms with Gasteiger partial charge in [-0.15, -0.1) is 0 Å². The number of halogens is 2. The number of aliphatic hydroxyl groups is 1. The Morgan fingerprint density at radius 2 is 1.84 bits per heavy atom. The van der Waals surface area contributed by atoms with Crippen molar-refractivity contribution < 1.29 is 13.5 Å².